The van der Waals surface area contributed by atoms with Gasteiger partial charge in [-0.2, -0.15) is 5.10 Å². The molecule has 4 aromatic rings. The lowest BCUT2D eigenvalue weighted by molar-refractivity contribution is 0.413. The third-order valence-electron chi connectivity index (χ3n) is 5.73. The Hall–Kier alpha value is -3.67. The number of hydrogen-bond donors (Lipinski definition) is 0. The van der Waals surface area contributed by atoms with Crippen molar-refractivity contribution in [2.75, 3.05) is 7.11 Å². The molecule has 6 heteroatoms. The van der Waals surface area contributed by atoms with Gasteiger partial charge in [0.15, 0.2) is 5.82 Å². The predicted molar refractivity (Wildman–Crippen MR) is 121 cm³/mol. The second kappa shape index (κ2) is 8.22. The van der Waals surface area contributed by atoms with Gasteiger partial charge in [-0.1, -0.05) is 42.5 Å². The average Bonchev–Trinajstić information content (AvgIpc) is 3.43. The fraction of sp³-hybridized carbons (Fsp3) is 0.240. The van der Waals surface area contributed by atoms with Crippen molar-refractivity contribution in [3.63, 3.8) is 0 Å². The Morgan fingerprint density at radius 3 is 2.71 bits per heavy atom. The summed E-state index contributed by atoms with van der Waals surface area (Å²) >= 11 is 0. The van der Waals surface area contributed by atoms with Crippen molar-refractivity contribution in [1.29, 1.82) is 0 Å². The van der Waals surface area contributed by atoms with Crippen LogP contribution in [-0.2, 0) is 6.54 Å². The summed E-state index contributed by atoms with van der Waals surface area (Å²) in [5.74, 6) is 2.87. The summed E-state index contributed by atoms with van der Waals surface area (Å²) in [6.45, 7) is 2.89. The molecule has 0 saturated heterocycles. The lowest BCUT2D eigenvalue weighted by Gasteiger charge is -2.22. The van der Waals surface area contributed by atoms with Gasteiger partial charge in [-0.15, -0.1) is 0 Å². The lowest BCUT2D eigenvalue weighted by atomic mass is 9.91. The normalized spacial score (nSPS) is 15.9. The maximum atomic E-state index is 5.61. The summed E-state index contributed by atoms with van der Waals surface area (Å²) in [7, 11) is 1.69. The Kier molecular flexibility index (Phi) is 5.12. The van der Waals surface area contributed by atoms with E-state index in [-0.39, 0.29) is 0 Å². The van der Waals surface area contributed by atoms with E-state index in [1.807, 2.05) is 48.3 Å². The molecule has 5 rings (SSSR count). The largest absolute Gasteiger partial charge is 0.495 e. The molecular weight excluding hydrogens is 386 g/mol. The van der Waals surface area contributed by atoms with Gasteiger partial charge in [-0.25, -0.2) is 14.6 Å². The summed E-state index contributed by atoms with van der Waals surface area (Å²) in [5, 5.41) is 4.76. The van der Waals surface area contributed by atoms with Gasteiger partial charge in [-0.3, -0.25) is 0 Å². The van der Waals surface area contributed by atoms with Gasteiger partial charge in [0, 0.05) is 24.2 Å². The Morgan fingerprint density at radius 1 is 1.06 bits per heavy atom. The van der Waals surface area contributed by atoms with Gasteiger partial charge in [0.25, 0.3) is 0 Å². The van der Waals surface area contributed by atoms with Crippen molar-refractivity contribution in [1.82, 2.24) is 24.3 Å². The van der Waals surface area contributed by atoms with E-state index in [9.17, 15) is 0 Å². The number of nitrogens with zero attached hydrogens (tertiary/aromatic N) is 5. The Balaban J connectivity index is 1.49. The molecule has 0 spiro atoms. The first-order valence-electron chi connectivity index (χ1n) is 10.6. The van der Waals surface area contributed by atoms with Crippen LogP contribution in [0.1, 0.15) is 47.2 Å². The van der Waals surface area contributed by atoms with Crippen LogP contribution in [0.15, 0.2) is 61.1 Å². The maximum Gasteiger partial charge on any atom is 0.174 e. The smallest absolute Gasteiger partial charge is 0.174 e. The number of aryl methyl sites for hydroxylation is 2. The highest BCUT2D eigenvalue weighted by molar-refractivity contribution is 5.74. The van der Waals surface area contributed by atoms with E-state index in [1.165, 1.54) is 5.56 Å². The van der Waals surface area contributed by atoms with Crippen molar-refractivity contribution in [3.8, 4) is 11.4 Å². The van der Waals surface area contributed by atoms with Crippen LogP contribution in [0.4, 0.5) is 0 Å². The van der Waals surface area contributed by atoms with Crippen LogP contribution in [0.25, 0.3) is 17.8 Å². The molecule has 0 aliphatic carbocycles. The Bertz CT molecular complexity index is 1220. The minimum atomic E-state index is 0.297. The van der Waals surface area contributed by atoms with Crippen molar-refractivity contribution < 1.29 is 4.74 Å². The van der Waals surface area contributed by atoms with E-state index < -0.39 is 0 Å². The zero-order valence-corrected chi connectivity index (χ0v) is 17.8. The molecule has 0 radical (unpaired) electrons. The third kappa shape index (κ3) is 3.77. The molecule has 1 aliphatic heterocycles. The van der Waals surface area contributed by atoms with Gasteiger partial charge in [0.05, 0.1) is 24.8 Å². The monoisotopic (exact) mass is 411 g/mol. The quantitative estimate of drug-likeness (QED) is 0.470. The highest BCUT2D eigenvalue weighted by Gasteiger charge is 2.25. The van der Waals surface area contributed by atoms with Gasteiger partial charge >= 0.3 is 0 Å². The molecule has 0 bridgehead atoms. The van der Waals surface area contributed by atoms with E-state index >= 15 is 0 Å². The predicted octanol–water partition coefficient (Wildman–Crippen LogP) is 4.88. The minimum Gasteiger partial charge on any atom is -0.495 e. The van der Waals surface area contributed by atoms with Gasteiger partial charge in [-0.05, 0) is 43.5 Å². The first kappa shape index (κ1) is 19.3. The highest BCUT2D eigenvalue weighted by Crippen LogP contribution is 2.32. The van der Waals surface area contributed by atoms with E-state index in [0.717, 1.165) is 53.7 Å². The van der Waals surface area contributed by atoms with Crippen LogP contribution in [0.3, 0.4) is 0 Å². The zero-order chi connectivity index (χ0) is 21.2. The molecule has 6 nitrogen and oxygen atoms in total. The molecule has 3 heterocycles. The highest BCUT2D eigenvalue weighted by atomic mass is 16.5. The molecule has 0 amide bonds. The molecule has 156 valence electrons. The first-order valence-corrected chi connectivity index (χ1v) is 10.6. The van der Waals surface area contributed by atoms with E-state index in [0.29, 0.717) is 5.92 Å². The zero-order valence-electron chi connectivity index (χ0n) is 17.8. The molecule has 0 N–H and O–H groups in total. The Labute approximate surface area is 181 Å². The van der Waals surface area contributed by atoms with Crippen LogP contribution >= 0.6 is 0 Å². The molecule has 0 saturated carbocycles. The maximum absolute atomic E-state index is 5.61. The molecular formula is C25H25N5O. The fourth-order valence-electron chi connectivity index (χ4n) is 4.26. The third-order valence-corrected chi connectivity index (χ3v) is 5.73. The molecule has 1 unspecified atom stereocenters. The first-order chi connectivity index (χ1) is 15.2. The number of methoxy groups -OCH3 is 1. The molecule has 2 aromatic heterocycles. The number of fused-ring (bicyclic) bond motifs is 1. The standard InChI is InChI=1S/C25H25N5O/c1-18-16-29(17-26-18)24-20(10-6-12-22(24)31-2)13-14-23-27-25-21(11-7-15-30(25)28-23)19-8-4-3-5-9-19/h3-6,8-10,12-14,16-17,21H,7,11,15H2,1-2H3/b14-13+. The SMILES string of the molecule is COc1cccc(/C=C/c2nc3n(n2)CCCC3c2ccccc2)c1-n1cnc(C)c1. The van der Waals surface area contributed by atoms with Crippen LogP contribution in [0.5, 0.6) is 5.75 Å². The minimum absolute atomic E-state index is 0.297. The van der Waals surface area contributed by atoms with Crippen molar-refractivity contribution in [2.45, 2.75) is 32.2 Å². The number of ether oxygens (including phenoxy) is 1. The van der Waals surface area contributed by atoms with Crippen LogP contribution in [0, 0.1) is 6.92 Å². The average molecular weight is 412 g/mol. The summed E-state index contributed by atoms with van der Waals surface area (Å²) in [6, 6.07) is 16.6. The van der Waals surface area contributed by atoms with Gasteiger partial charge < -0.3 is 9.30 Å². The van der Waals surface area contributed by atoms with Crippen molar-refractivity contribution in [3.05, 3.63) is 89.5 Å². The summed E-state index contributed by atoms with van der Waals surface area (Å²) in [4.78, 5) is 9.25. The van der Waals surface area contributed by atoms with Gasteiger partial charge in [0.1, 0.15) is 11.6 Å². The van der Waals surface area contributed by atoms with E-state index in [1.54, 1.807) is 7.11 Å². The van der Waals surface area contributed by atoms with Crippen LogP contribution in [0.2, 0.25) is 0 Å². The van der Waals surface area contributed by atoms with Crippen LogP contribution in [-0.4, -0.2) is 31.4 Å². The van der Waals surface area contributed by atoms with Crippen molar-refractivity contribution >= 4 is 12.2 Å². The molecule has 1 aliphatic rings. The molecule has 0 fully saturated rings. The number of aromatic nitrogens is 5. The summed E-state index contributed by atoms with van der Waals surface area (Å²) in [6.07, 6.45) is 10.0. The van der Waals surface area contributed by atoms with E-state index in [2.05, 4.69) is 46.1 Å². The summed E-state index contributed by atoms with van der Waals surface area (Å²) < 4.78 is 9.67. The second-order valence-corrected chi connectivity index (χ2v) is 7.81. The second-order valence-electron chi connectivity index (χ2n) is 7.81. The number of rotatable bonds is 5. The fourth-order valence-corrected chi connectivity index (χ4v) is 4.26. The number of para-hydroxylation sites is 1. The number of benzene rings is 2. The molecule has 31 heavy (non-hydrogen) atoms. The lowest BCUT2D eigenvalue weighted by Crippen LogP contribution is -2.17. The van der Waals surface area contributed by atoms with Crippen molar-refractivity contribution in [2.24, 2.45) is 0 Å². The molecule has 1 atom stereocenters. The number of hydrogen-bond acceptors (Lipinski definition) is 4. The van der Waals surface area contributed by atoms with Gasteiger partial charge in [0.2, 0.25) is 0 Å². The topological polar surface area (TPSA) is 57.8 Å². The van der Waals surface area contributed by atoms with Crippen LogP contribution < -0.4 is 4.74 Å². The Morgan fingerprint density at radius 2 is 1.94 bits per heavy atom. The summed E-state index contributed by atoms with van der Waals surface area (Å²) in [5.41, 5.74) is 4.23. The molecule has 2 aromatic carbocycles. The number of imidazole rings is 1. The van der Waals surface area contributed by atoms with E-state index in [4.69, 9.17) is 14.8 Å².